The van der Waals surface area contributed by atoms with Gasteiger partial charge in [0, 0.05) is 25.4 Å². The molecule has 0 radical (unpaired) electrons. The monoisotopic (exact) mass is 276 g/mol. The summed E-state index contributed by atoms with van der Waals surface area (Å²) in [6, 6.07) is 8.67. The predicted molar refractivity (Wildman–Crippen MR) is 80.6 cm³/mol. The Labute approximate surface area is 120 Å². The molecule has 1 unspecified atom stereocenters. The highest BCUT2D eigenvalue weighted by molar-refractivity contribution is 5.97. The van der Waals surface area contributed by atoms with Crippen LogP contribution in [0.15, 0.2) is 24.3 Å². The number of amides is 1. The Bertz CT molecular complexity index is 448. The second-order valence-corrected chi connectivity index (χ2v) is 5.59. The van der Waals surface area contributed by atoms with Crippen LogP contribution in [0.25, 0.3) is 0 Å². The average Bonchev–Trinajstić information content (AvgIpc) is 3.30. The van der Waals surface area contributed by atoms with Crippen LogP contribution in [0.3, 0.4) is 0 Å². The summed E-state index contributed by atoms with van der Waals surface area (Å²) in [4.78, 5) is 12.2. The Morgan fingerprint density at radius 3 is 2.50 bits per heavy atom. The van der Waals surface area contributed by atoms with E-state index in [1.54, 1.807) is 14.0 Å². The van der Waals surface area contributed by atoms with Crippen molar-refractivity contribution in [2.24, 2.45) is 0 Å². The van der Waals surface area contributed by atoms with Crippen LogP contribution < -0.4 is 10.6 Å². The predicted octanol–water partition coefficient (Wildman–Crippen LogP) is 2.69. The van der Waals surface area contributed by atoms with Crippen molar-refractivity contribution in [3.8, 4) is 0 Å². The summed E-state index contributed by atoms with van der Waals surface area (Å²) in [6.45, 7) is 4.63. The van der Waals surface area contributed by atoms with Gasteiger partial charge >= 0.3 is 0 Å². The Hall–Kier alpha value is -1.39. The molecule has 1 aromatic carbocycles. The van der Waals surface area contributed by atoms with Gasteiger partial charge in [0.25, 0.3) is 5.91 Å². The Balaban J connectivity index is 1.90. The van der Waals surface area contributed by atoms with E-state index in [0.29, 0.717) is 12.5 Å². The largest absolute Gasteiger partial charge is 0.369 e. The van der Waals surface area contributed by atoms with E-state index in [9.17, 15) is 4.79 Å². The Kier molecular flexibility index (Phi) is 4.78. The van der Waals surface area contributed by atoms with E-state index in [4.69, 9.17) is 4.74 Å². The number of ether oxygens (including phenoxy) is 1. The summed E-state index contributed by atoms with van der Waals surface area (Å²) < 4.78 is 5.29. The van der Waals surface area contributed by atoms with Crippen LogP contribution in [0, 0.1) is 0 Å². The third-order valence-corrected chi connectivity index (χ3v) is 3.99. The molecule has 1 fully saturated rings. The molecule has 1 aliphatic rings. The third-order valence-electron chi connectivity index (χ3n) is 3.99. The number of hydrogen-bond acceptors (Lipinski definition) is 3. The summed E-state index contributed by atoms with van der Waals surface area (Å²) in [5.41, 5.74) is 1.27. The molecule has 4 nitrogen and oxygen atoms in total. The number of anilines is 1. The number of nitrogens with one attached hydrogen (secondary N) is 2. The quantitative estimate of drug-likeness (QED) is 0.805. The number of carbonyl (C=O) groups excluding carboxylic acids is 1. The van der Waals surface area contributed by atoms with Gasteiger partial charge in [-0.1, -0.05) is 19.1 Å². The van der Waals surface area contributed by atoms with Gasteiger partial charge in [-0.25, -0.2) is 0 Å². The molecule has 1 atom stereocenters. The SMILES string of the molecule is CCC(C)(OC)C(=O)Nc1ccc(CNC2CC2)cc1. The molecular weight excluding hydrogens is 252 g/mol. The van der Waals surface area contributed by atoms with Gasteiger partial charge in [-0.3, -0.25) is 4.79 Å². The first-order chi connectivity index (χ1) is 9.57. The molecular formula is C16H24N2O2. The first kappa shape index (κ1) is 15.0. The van der Waals surface area contributed by atoms with Crippen molar-refractivity contribution >= 4 is 11.6 Å². The van der Waals surface area contributed by atoms with Gasteiger partial charge in [0.15, 0.2) is 0 Å². The zero-order valence-corrected chi connectivity index (χ0v) is 12.5. The van der Waals surface area contributed by atoms with E-state index < -0.39 is 5.60 Å². The normalized spacial score (nSPS) is 17.6. The van der Waals surface area contributed by atoms with E-state index >= 15 is 0 Å². The van der Waals surface area contributed by atoms with Gasteiger partial charge in [-0.2, -0.15) is 0 Å². The molecule has 1 aromatic rings. The fourth-order valence-corrected chi connectivity index (χ4v) is 1.92. The fraction of sp³-hybridized carbons (Fsp3) is 0.562. The highest BCUT2D eigenvalue weighted by Crippen LogP contribution is 2.20. The number of hydrogen-bond donors (Lipinski definition) is 2. The lowest BCUT2D eigenvalue weighted by Crippen LogP contribution is -2.41. The summed E-state index contributed by atoms with van der Waals surface area (Å²) in [5, 5.41) is 6.37. The van der Waals surface area contributed by atoms with Crippen LogP contribution in [0.4, 0.5) is 5.69 Å². The molecule has 2 N–H and O–H groups in total. The van der Waals surface area contributed by atoms with Crippen LogP contribution in [-0.4, -0.2) is 24.7 Å². The van der Waals surface area contributed by atoms with Gasteiger partial charge in [0.1, 0.15) is 5.60 Å². The molecule has 2 rings (SSSR count). The van der Waals surface area contributed by atoms with Gasteiger partial charge in [0.05, 0.1) is 0 Å². The van der Waals surface area contributed by atoms with Gasteiger partial charge in [-0.15, -0.1) is 0 Å². The summed E-state index contributed by atoms with van der Waals surface area (Å²) in [7, 11) is 1.57. The van der Waals surface area contributed by atoms with Crippen LogP contribution >= 0.6 is 0 Å². The first-order valence-electron chi connectivity index (χ1n) is 7.26. The highest BCUT2D eigenvalue weighted by atomic mass is 16.5. The van der Waals surface area contributed by atoms with E-state index in [0.717, 1.165) is 12.2 Å². The molecule has 1 aliphatic carbocycles. The highest BCUT2D eigenvalue weighted by Gasteiger charge is 2.30. The van der Waals surface area contributed by atoms with Crippen LogP contribution in [0.2, 0.25) is 0 Å². The number of benzene rings is 1. The van der Waals surface area contributed by atoms with Crippen molar-refractivity contribution in [2.75, 3.05) is 12.4 Å². The number of methoxy groups -OCH3 is 1. The summed E-state index contributed by atoms with van der Waals surface area (Å²) in [5.74, 6) is -0.105. The van der Waals surface area contributed by atoms with Gasteiger partial charge in [-0.05, 0) is 43.9 Å². The topological polar surface area (TPSA) is 50.4 Å². The molecule has 20 heavy (non-hydrogen) atoms. The van der Waals surface area contributed by atoms with Crippen LogP contribution in [-0.2, 0) is 16.1 Å². The zero-order valence-electron chi connectivity index (χ0n) is 12.5. The molecule has 0 bridgehead atoms. The lowest BCUT2D eigenvalue weighted by atomic mass is 10.0. The lowest BCUT2D eigenvalue weighted by molar-refractivity contribution is -0.136. The van der Waals surface area contributed by atoms with Gasteiger partial charge < -0.3 is 15.4 Å². The van der Waals surface area contributed by atoms with E-state index in [2.05, 4.69) is 10.6 Å². The molecule has 4 heteroatoms. The standard InChI is InChI=1S/C16H24N2O2/c1-4-16(2,20-3)15(19)18-14-7-5-12(6-8-14)11-17-13-9-10-13/h5-8,13,17H,4,9-11H2,1-3H3,(H,18,19). The van der Waals surface area contributed by atoms with Crippen molar-refractivity contribution in [1.29, 1.82) is 0 Å². The summed E-state index contributed by atoms with van der Waals surface area (Å²) >= 11 is 0. The first-order valence-corrected chi connectivity index (χ1v) is 7.26. The number of rotatable bonds is 7. The summed E-state index contributed by atoms with van der Waals surface area (Å²) in [6.07, 6.45) is 3.22. The minimum Gasteiger partial charge on any atom is -0.369 e. The number of carbonyl (C=O) groups is 1. The van der Waals surface area contributed by atoms with Gasteiger partial charge in [0.2, 0.25) is 0 Å². The fourth-order valence-electron chi connectivity index (χ4n) is 1.92. The lowest BCUT2D eigenvalue weighted by Gasteiger charge is -2.25. The second kappa shape index (κ2) is 6.37. The van der Waals surface area contributed by atoms with E-state index in [-0.39, 0.29) is 5.91 Å². The molecule has 0 saturated heterocycles. The van der Waals surface area contributed by atoms with Crippen molar-refractivity contribution in [3.05, 3.63) is 29.8 Å². The average molecular weight is 276 g/mol. The Morgan fingerprint density at radius 2 is 2.00 bits per heavy atom. The minimum atomic E-state index is -0.772. The molecule has 1 saturated carbocycles. The van der Waals surface area contributed by atoms with Crippen LogP contribution in [0.5, 0.6) is 0 Å². The molecule has 0 aliphatic heterocycles. The third kappa shape index (κ3) is 3.81. The van der Waals surface area contributed by atoms with E-state index in [1.807, 2.05) is 31.2 Å². The second-order valence-electron chi connectivity index (χ2n) is 5.59. The Morgan fingerprint density at radius 1 is 1.35 bits per heavy atom. The van der Waals surface area contributed by atoms with E-state index in [1.165, 1.54) is 18.4 Å². The molecule has 1 amide bonds. The van der Waals surface area contributed by atoms with Crippen molar-refractivity contribution < 1.29 is 9.53 Å². The molecule has 0 spiro atoms. The molecule has 110 valence electrons. The zero-order chi connectivity index (χ0) is 14.6. The molecule has 0 aromatic heterocycles. The van der Waals surface area contributed by atoms with Crippen LogP contribution in [0.1, 0.15) is 38.7 Å². The van der Waals surface area contributed by atoms with Crippen molar-refractivity contribution in [1.82, 2.24) is 5.32 Å². The molecule has 0 heterocycles. The van der Waals surface area contributed by atoms with Crippen molar-refractivity contribution in [2.45, 2.75) is 51.3 Å². The maximum Gasteiger partial charge on any atom is 0.256 e. The maximum atomic E-state index is 12.2. The maximum absolute atomic E-state index is 12.2. The minimum absolute atomic E-state index is 0.105. The van der Waals surface area contributed by atoms with Crippen molar-refractivity contribution in [3.63, 3.8) is 0 Å². The smallest absolute Gasteiger partial charge is 0.256 e.